The lowest BCUT2D eigenvalue weighted by Gasteiger charge is -2.71. The molecule has 0 bridgehead atoms. The molecule has 2 heterocycles. The van der Waals surface area contributed by atoms with E-state index in [-0.39, 0.29) is 34.7 Å². The van der Waals surface area contributed by atoms with Gasteiger partial charge in [0, 0.05) is 11.3 Å². The van der Waals surface area contributed by atoms with Crippen LogP contribution in [0.5, 0.6) is 0 Å². The van der Waals surface area contributed by atoms with Gasteiger partial charge < -0.3 is 70.0 Å². The molecule has 10 N–H and O–H groups in total. The van der Waals surface area contributed by atoms with Crippen LogP contribution < -0.4 is 0 Å². The fourth-order valence-electron chi connectivity index (χ4n) is 13.6. The Morgan fingerprint density at radius 1 is 0.719 bits per heavy atom. The minimum atomic E-state index is -1.80. The van der Waals surface area contributed by atoms with E-state index >= 15 is 0 Å². The van der Waals surface area contributed by atoms with E-state index in [0.717, 1.165) is 18.4 Å². The standard InChI is InChI=1S/C42H68O15/c1-37(2)13-15-42(36(52)53)16-14-40(5)20(26(42)33(37)51)7-8-24-38(3)11-10-25(39(4,19-45)23(38)9-12-41(24,40)6)56-35-32(30(49)28(47)22(18-44)55-35)57-34-31(50)29(48)27(46)21(17-43)54-34/h7,21-35,43-51H,8-19H2,1-6H3,(H,52,53)/t21-,22-,23-,24-,25+,26-,27-,28-,29+,30+,31-,32-,33+,34+,35+,38+,39+,40-,41-,42+/m1/s1. The van der Waals surface area contributed by atoms with Gasteiger partial charge in [0.15, 0.2) is 12.6 Å². The summed E-state index contributed by atoms with van der Waals surface area (Å²) in [6.45, 7) is 11.4. The van der Waals surface area contributed by atoms with Crippen LogP contribution in [0.3, 0.4) is 0 Å². The second kappa shape index (κ2) is 14.9. The summed E-state index contributed by atoms with van der Waals surface area (Å²) < 4.78 is 24.2. The van der Waals surface area contributed by atoms with Crippen molar-refractivity contribution >= 4 is 5.97 Å². The predicted molar refractivity (Wildman–Crippen MR) is 201 cm³/mol. The Kier molecular flexibility index (Phi) is 11.5. The van der Waals surface area contributed by atoms with E-state index in [4.69, 9.17) is 18.9 Å². The van der Waals surface area contributed by atoms with Gasteiger partial charge in [-0.2, -0.15) is 0 Å². The number of aliphatic carboxylic acids is 1. The van der Waals surface area contributed by atoms with Crippen molar-refractivity contribution in [2.75, 3.05) is 19.8 Å². The van der Waals surface area contributed by atoms with Crippen LogP contribution in [-0.2, 0) is 23.7 Å². The molecule has 0 aromatic carbocycles. The zero-order chi connectivity index (χ0) is 41.8. The third kappa shape index (κ3) is 6.26. The third-order valence-corrected chi connectivity index (χ3v) is 17.6. The lowest BCUT2D eigenvalue weighted by atomic mass is 9.33. The number of hydrogen-bond donors (Lipinski definition) is 10. The minimum absolute atomic E-state index is 0.0520. The molecular formula is C42H68O15. The Hall–Kier alpha value is -1.31. The van der Waals surface area contributed by atoms with Crippen molar-refractivity contribution in [3.05, 3.63) is 11.6 Å². The lowest BCUT2D eigenvalue weighted by molar-refractivity contribution is -0.379. The van der Waals surface area contributed by atoms with Gasteiger partial charge in [-0.1, -0.05) is 53.2 Å². The van der Waals surface area contributed by atoms with Gasteiger partial charge in [-0.25, -0.2) is 0 Å². The molecule has 326 valence electrons. The molecule has 7 aliphatic rings. The zero-order valence-corrected chi connectivity index (χ0v) is 34.2. The summed E-state index contributed by atoms with van der Waals surface area (Å²) >= 11 is 0. The van der Waals surface area contributed by atoms with E-state index in [0.29, 0.717) is 44.9 Å². The molecule has 0 spiro atoms. The highest BCUT2D eigenvalue weighted by molar-refractivity contribution is 5.77. The molecule has 0 radical (unpaired) electrons. The summed E-state index contributed by atoms with van der Waals surface area (Å²) in [5.74, 6) is -1.18. The molecule has 15 heteroatoms. The molecule has 15 nitrogen and oxygen atoms in total. The third-order valence-electron chi connectivity index (χ3n) is 17.6. The smallest absolute Gasteiger partial charge is 0.310 e. The highest BCUT2D eigenvalue weighted by Gasteiger charge is 2.71. The number of aliphatic hydroxyl groups excluding tert-OH is 9. The molecular weight excluding hydrogens is 744 g/mol. The van der Waals surface area contributed by atoms with E-state index in [2.05, 4.69) is 26.8 Å². The summed E-state index contributed by atoms with van der Waals surface area (Å²) in [5.41, 5.74) is -2.05. The van der Waals surface area contributed by atoms with Gasteiger partial charge in [-0.3, -0.25) is 4.79 Å². The number of carboxylic acids is 1. The van der Waals surface area contributed by atoms with E-state index < -0.39 is 115 Å². The number of hydrogen-bond acceptors (Lipinski definition) is 14. The highest BCUT2D eigenvalue weighted by atomic mass is 16.8. The van der Waals surface area contributed by atoms with Gasteiger partial charge in [0.1, 0.15) is 48.8 Å². The summed E-state index contributed by atoms with van der Waals surface area (Å²) in [4.78, 5) is 13.1. The van der Waals surface area contributed by atoms with Crippen molar-refractivity contribution < 1.29 is 74.8 Å². The van der Waals surface area contributed by atoms with Gasteiger partial charge in [0.2, 0.25) is 0 Å². The second-order valence-electron chi connectivity index (χ2n) is 20.5. The first-order chi connectivity index (χ1) is 26.6. The maximum absolute atomic E-state index is 13.1. The van der Waals surface area contributed by atoms with Crippen LogP contribution in [-0.4, -0.2) is 150 Å². The molecule has 2 saturated heterocycles. The quantitative estimate of drug-likeness (QED) is 0.120. The fraction of sp³-hybridized carbons (Fsp3) is 0.929. The van der Waals surface area contributed by atoms with Gasteiger partial charge in [-0.05, 0) is 91.3 Å². The largest absolute Gasteiger partial charge is 0.481 e. The number of fused-ring (bicyclic) bond motifs is 7. The first-order valence-corrected chi connectivity index (χ1v) is 21.1. The Balaban J connectivity index is 1.18. The molecule has 0 aromatic rings. The molecule has 0 amide bonds. The summed E-state index contributed by atoms with van der Waals surface area (Å²) in [5, 5.41) is 107. The molecule has 6 fully saturated rings. The van der Waals surface area contributed by atoms with Crippen LogP contribution in [0.2, 0.25) is 0 Å². The average Bonchev–Trinajstić information content (AvgIpc) is 3.17. The molecule has 4 saturated carbocycles. The SMILES string of the molecule is CC1(C)CC[C@]2(C(=O)O)CC[C@]3(C)C(=CC[C@@H]4[C@@]5(C)CC[C@H](O[C@@H]6O[C@H](CO)[C@@H](O)[C@H](O)[C@H]6O[C@@H]6O[C@H](CO)[C@@H](O)[C@H](O)[C@H]6O)[C@@](C)(CO)[C@@H]5CC[C@]43C)[C@@H]2[C@@H]1O. The first-order valence-electron chi connectivity index (χ1n) is 21.1. The van der Waals surface area contributed by atoms with Crippen molar-refractivity contribution in [2.24, 2.45) is 50.2 Å². The van der Waals surface area contributed by atoms with E-state index in [1.54, 1.807) is 0 Å². The van der Waals surface area contributed by atoms with Crippen LogP contribution >= 0.6 is 0 Å². The minimum Gasteiger partial charge on any atom is -0.481 e. The monoisotopic (exact) mass is 812 g/mol. The van der Waals surface area contributed by atoms with Gasteiger partial charge in [0.05, 0.1) is 37.4 Å². The molecule has 2 aliphatic heterocycles. The van der Waals surface area contributed by atoms with Crippen LogP contribution in [0.15, 0.2) is 11.6 Å². The van der Waals surface area contributed by atoms with Gasteiger partial charge in [-0.15, -0.1) is 0 Å². The maximum atomic E-state index is 13.1. The Morgan fingerprint density at radius 3 is 1.95 bits per heavy atom. The predicted octanol–water partition coefficient (Wildman–Crippen LogP) is 0.825. The van der Waals surface area contributed by atoms with E-state index in [1.807, 2.05) is 20.8 Å². The van der Waals surface area contributed by atoms with Crippen molar-refractivity contribution in [2.45, 2.75) is 173 Å². The number of rotatable bonds is 8. The van der Waals surface area contributed by atoms with Crippen molar-refractivity contribution in [3.8, 4) is 0 Å². The van der Waals surface area contributed by atoms with E-state index in [1.165, 1.54) is 0 Å². The molecule has 57 heavy (non-hydrogen) atoms. The molecule has 0 aromatic heterocycles. The molecule has 20 atom stereocenters. The maximum Gasteiger partial charge on any atom is 0.310 e. The number of aliphatic hydroxyl groups is 9. The Bertz CT molecular complexity index is 1540. The topological polar surface area (TPSA) is 256 Å². The number of carbonyl (C=O) groups is 1. The highest BCUT2D eigenvalue weighted by Crippen LogP contribution is 2.76. The van der Waals surface area contributed by atoms with Crippen LogP contribution in [0.4, 0.5) is 0 Å². The van der Waals surface area contributed by atoms with Gasteiger partial charge in [0.25, 0.3) is 0 Å². The molecule has 5 aliphatic carbocycles. The summed E-state index contributed by atoms with van der Waals surface area (Å²) in [6.07, 6.45) is -9.11. The number of allylic oxidation sites excluding steroid dienone is 1. The van der Waals surface area contributed by atoms with Crippen LogP contribution in [0.1, 0.15) is 99.3 Å². The summed E-state index contributed by atoms with van der Waals surface area (Å²) in [6, 6.07) is 0. The van der Waals surface area contributed by atoms with Gasteiger partial charge >= 0.3 is 5.97 Å². The first kappa shape index (κ1) is 43.8. The zero-order valence-electron chi connectivity index (χ0n) is 34.2. The Morgan fingerprint density at radius 2 is 1.33 bits per heavy atom. The van der Waals surface area contributed by atoms with Crippen LogP contribution in [0, 0.1) is 50.2 Å². The number of ether oxygens (including phenoxy) is 4. The second-order valence-corrected chi connectivity index (χ2v) is 20.5. The number of carboxylic acid groups (broad SMARTS) is 1. The fourth-order valence-corrected chi connectivity index (χ4v) is 13.6. The summed E-state index contributed by atoms with van der Waals surface area (Å²) in [7, 11) is 0. The van der Waals surface area contributed by atoms with Crippen molar-refractivity contribution in [3.63, 3.8) is 0 Å². The van der Waals surface area contributed by atoms with E-state index in [9.17, 15) is 55.9 Å². The normalized spacial score (nSPS) is 54.7. The van der Waals surface area contributed by atoms with Crippen molar-refractivity contribution in [1.29, 1.82) is 0 Å². The Labute approximate surface area is 335 Å². The lowest BCUT2D eigenvalue weighted by Crippen LogP contribution is -2.68. The average molecular weight is 813 g/mol. The van der Waals surface area contributed by atoms with Crippen LogP contribution in [0.25, 0.3) is 0 Å². The molecule has 7 rings (SSSR count). The molecule has 0 unspecified atom stereocenters. The van der Waals surface area contributed by atoms with Crippen molar-refractivity contribution in [1.82, 2.24) is 0 Å².